The molecule has 1 aromatic rings. The molecule has 3 heteroatoms. The van der Waals surface area contributed by atoms with Crippen molar-refractivity contribution in [2.75, 3.05) is 12.4 Å². The quantitative estimate of drug-likeness (QED) is 0.557. The van der Waals surface area contributed by atoms with Gasteiger partial charge >= 0.3 is 0 Å². The molecule has 0 bridgehead atoms. The summed E-state index contributed by atoms with van der Waals surface area (Å²) in [5, 5.41) is 3.22. The first-order valence-corrected chi connectivity index (χ1v) is 10.0. The van der Waals surface area contributed by atoms with Gasteiger partial charge in [-0.05, 0) is 51.3 Å². The number of para-hydroxylation sites is 1. The summed E-state index contributed by atoms with van der Waals surface area (Å²) in [4.78, 5) is 15.4. The van der Waals surface area contributed by atoms with Crippen LogP contribution in [0.25, 0.3) is 0 Å². The molecule has 0 aliphatic heterocycles. The van der Waals surface area contributed by atoms with Gasteiger partial charge < -0.3 is 5.32 Å². The highest BCUT2D eigenvalue weighted by Gasteiger charge is 2.27. The average Bonchev–Trinajstić information content (AvgIpc) is 2.59. The molecule has 3 nitrogen and oxygen atoms in total. The number of hydrogen-bond acceptors (Lipinski definition) is 2. The Balaban J connectivity index is 2.93. The van der Waals surface area contributed by atoms with E-state index < -0.39 is 0 Å². The van der Waals surface area contributed by atoms with Crippen LogP contribution >= 0.6 is 0 Å². The summed E-state index contributed by atoms with van der Waals surface area (Å²) in [7, 11) is 2.14. The molecule has 0 saturated carbocycles. The Morgan fingerprint density at radius 1 is 1.00 bits per heavy atom. The van der Waals surface area contributed by atoms with Crippen molar-refractivity contribution in [1.82, 2.24) is 4.90 Å². The van der Waals surface area contributed by atoms with Crippen LogP contribution in [0.3, 0.4) is 0 Å². The largest absolute Gasteiger partial charge is 0.324 e. The van der Waals surface area contributed by atoms with Crippen LogP contribution in [-0.4, -0.2) is 29.9 Å². The van der Waals surface area contributed by atoms with Gasteiger partial charge in [0.2, 0.25) is 5.91 Å². The molecule has 0 radical (unpaired) electrons. The number of hydrogen-bond donors (Lipinski definition) is 1. The monoisotopic (exact) mass is 346 g/mol. The van der Waals surface area contributed by atoms with Gasteiger partial charge in [-0.15, -0.1) is 0 Å². The van der Waals surface area contributed by atoms with Crippen LogP contribution in [-0.2, 0) is 4.79 Å². The maximum atomic E-state index is 13.1. The predicted molar refractivity (Wildman–Crippen MR) is 109 cm³/mol. The number of anilines is 1. The maximum absolute atomic E-state index is 13.1. The Bertz CT molecular complexity index is 507. The van der Waals surface area contributed by atoms with Crippen LogP contribution in [0.15, 0.2) is 18.2 Å². The van der Waals surface area contributed by atoms with Gasteiger partial charge in [0, 0.05) is 11.7 Å². The van der Waals surface area contributed by atoms with Crippen molar-refractivity contribution >= 4 is 11.6 Å². The third-order valence-corrected chi connectivity index (χ3v) is 5.17. The Hall–Kier alpha value is -1.35. The number of aryl methyl sites for hydroxylation is 2. The summed E-state index contributed by atoms with van der Waals surface area (Å²) in [6.45, 7) is 10.7. The Kier molecular flexibility index (Phi) is 9.81. The molecule has 2 unspecified atom stereocenters. The van der Waals surface area contributed by atoms with Crippen LogP contribution in [0, 0.1) is 13.8 Å². The van der Waals surface area contributed by atoms with Crippen LogP contribution in [0.2, 0.25) is 0 Å². The zero-order valence-corrected chi connectivity index (χ0v) is 17.2. The molecule has 0 aliphatic rings. The smallest absolute Gasteiger partial charge is 0.241 e. The number of unbranched alkanes of at least 4 members (excludes halogenated alkanes) is 1. The first-order valence-electron chi connectivity index (χ1n) is 10.0. The lowest BCUT2D eigenvalue weighted by atomic mass is 9.99. The van der Waals surface area contributed by atoms with E-state index in [1.54, 1.807) is 0 Å². The van der Waals surface area contributed by atoms with E-state index in [0.29, 0.717) is 6.04 Å². The van der Waals surface area contributed by atoms with Gasteiger partial charge in [-0.25, -0.2) is 0 Å². The van der Waals surface area contributed by atoms with E-state index >= 15 is 0 Å². The Labute approximate surface area is 155 Å². The lowest BCUT2D eigenvalue weighted by Gasteiger charge is -2.34. The van der Waals surface area contributed by atoms with Crippen LogP contribution in [0.5, 0.6) is 0 Å². The van der Waals surface area contributed by atoms with E-state index in [4.69, 9.17) is 0 Å². The van der Waals surface area contributed by atoms with Crippen molar-refractivity contribution in [1.29, 1.82) is 0 Å². The first-order chi connectivity index (χ1) is 12.0. The molecule has 0 aliphatic carbocycles. The highest BCUT2D eigenvalue weighted by molar-refractivity contribution is 5.96. The summed E-state index contributed by atoms with van der Waals surface area (Å²) < 4.78 is 0. The lowest BCUT2D eigenvalue weighted by Crippen LogP contribution is -2.47. The van der Waals surface area contributed by atoms with Crippen molar-refractivity contribution in [3.63, 3.8) is 0 Å². The maximum Gasteiger partial charge on any atom is 0.241 e. The summed E-state index contributed by atoms with van der Waals surface area (Å²) in [6, 6.07) is 6.59. The molecule has 142 valence electrons. The van der Waals surface area contributed by atoms with Crippen LogP contribution < -0.4 is 5.32 Å². The van der Waals surface area contributed by atoms with Crippen molar-refractivity contribution in [2.45, 2.75) is 91.6 Å². The molecule has 1 amide bonds. The van der Waals surface area contributed by atoms with Gasteiger partial charge in [-0.2, -0.15) is 0 Å². The van der Waals surface area contributed by atoms with Crippen LogP contribution in [0.1, 0.15) is 76.8 Å². The molecule has 0 fully saturated rings. The standard InChI is InChI=1S/C22H38N2O/c1-7-10-16-19(12-8-2)24(6)20(13-9-3)22(25)23-21-17(4)14-11-15-18(21)5/h11,14-15,19-20H,7-10,12-13,16H2,1-6H3,(H,23,25). The third-order valence-electron chi connectivity index (χ3n) is 5.17. The predicted octanol–water partition coefficient (Wildman–Crippen LogP) is 5.70. The molecule has 1 aromatic carbocycles. The van der Waals surface area contributed by atoms with Crippen LogP contribution in [0.4, 0.5) is 5.69 Å². The second kappa shape index (κ2) is 11.3. The number of benzene rings is 1. The van der Waals surface area contributed by atoms with Crippen molar-refractivity contribution < 1.29 is 4.79 Å². The van der Waals surface area contributed by atoms with E-state index in [9.17, 15) is 4.79 Å². The number of nitrogens with one attached hydrogen (secondary N) is 1. The first kappa shape index (κ1) is 21.7. The number of carbonyl (C=O) groups is 1. The van der Waals surface area contributed by atoms with Gasteiger partial charge in [-0.1, -0.05) is 64.7 Å². The Morgan fingerprint density at radius 2 is 1.60 bits per heavy atom. The molecule has 0 aromatic heterocycles. The lowest BCUT2D eigenvalue weighted by molar-refractivity contribution is -0.122. The van der Waals surface area contributed by atoms with Gasteiger partial charge in [0.15, 0.2) is 0 Å². The van der Waals surface area contributed by atoms with Crippen molar-refractivity contribution in [3.05, 3.63) is 29.3 Å². The highest BCUT2D eigenvalue weighted by atomic mass is 16.2. The minimum absolute atomic E-state index is 0.0580. The van der Waals surface area contributed by atoms with E-state index in [-0.39, 0.29) is 11.9 Å². The summed E-state index contributed by atoms with van der Waals surface area (Å²) in [5.41, 5.74) is 3.23. The molecule has 1 N–H and O–H groups in total. The van der Waals surface area contributed by atoms with E-state index in [0.717, 1.165) is 42.5 Å². The molecule has 0 saturated heterocycles. The SMILES string of the molecule is CCCCC(CCC)N(C)C(CCC)C(=O)Nc1c(C)cccc1C. The van der Waals surface area contributed by atoms with Crippen molar-refractivity contribution in [3.8, 4) is 0 Å². The molecular weight excluding hydrogens is 308 g/mol. The average molecular weight is 347 g/mol. The van der Waals surface area contributed by atoms with E-state index in [1.165, 1.54) is 19.3 Å². The van der Waals surface area contributed by atoms with Gasteiger partial charge in [0.25, 0.3) is 0 Å². The molecule has 25 heavy (non-hydrogen) atoms. The second-order valence-corrected chi connectivity index (χ2v) is 7.31. The zero-order valence-electron chi connectivity index (χ0n) is 17.2. The van der Waals surface area contributed by atoms with E-state index in [2.05, 4.69) is 64.0 Å². The highest BCUT2D eigenvalue weighted by Crippen LogP contribution is 2.23. The topological polar surface area (TPSA) is 32.3 Å². The fraction of sp³-hybridized carbons (Fsp3) is 0.682. The molecule has 0 heterocycles. The fourth-order valence-corrected chi connectivity index (χ4v) is 3.59. The van der Waals surface area contributed by atoms with Gasteiger partial charge in [0.05, 0.1) is 6.04 Å². The summed E-state index contributed by atoms with van der Waals surface area (Å²) in [5.74, 6) is 0.138. The molecule has 0 spiro atoms. The number of amides is 1. The molecule has 2 atom stereocenters. The molecular formula is C22H38N2O. The number of carbonyl (C=O) groups excluding carboxylic acids is 1. The number of nitrogens with zero attached hydrogens (tertiary/aromatic N) is 1. The van der Waals surface area contributed by atoms with Crippen molar-refractivity contribution in [2.24, 2.45) is 0 Å². The summed E-state index contributed by atoms with van der Waals surface area (Å²) in [6.07, 6.45) is 7.86. The summed E-state index contributed by atoms with van der Waals surface area (Å²) >= 11 is 0. The normalized spacial score (nSPS) is 13.7. The third kappa shape index (κ3) is 6.47. The van der Waals surface area contributed by atoms with Gasteiger partial charge in [0.1, 0.15) is 0 Å². The van der Waals surface area contributed by atoms with E-state index in [1.807, 2.05) is 6.07 Å². The zero-order chi connectivity index (χ0) is 18.8. The number of likely N-dealkylation sites (N-methyl/N-ethyl adjacent to an activating group) is 1. The Morgan fingerprint density at radius 3 is 2.12 bits per heavy atom. The minimum atomic E-state index is -0.0580. The molecule has 1 rings (SSSR count). The second-order valence-electron chi connectivity index (χ2n) is 7.31. The fourth-order valence-electron chi connectivity index (χ4n) is 3.59. The minimum Gasteiger partial charge on any atom is -0.324 e. The van der Waals surface area contributed by atoms with Gasteiger partial charge in [-0.3, -0.25) is 9.69 Å². The number of rotatable bonds is 11.